The highest BCUT2D eigenvalue weighted by Crippen LogP contribution is 2.21. The summed E-state index contributed by atoms with van der Waals surface area (Å²) in [6.07, 6.45) is 0.0642. The van der Waals surface area contributed by atoms with Gasteiger partial charge in [0.05, 0.1) is 19.1 Å². The summed E-state index contributed by atoms with van der Waals surface area (Å²) >= 11 is 0. The van der Waals surface area contributed by atoms with Crippen molar-refractivity contribution in [2.75, 3.05) is 20.2 Å². The molecule has 122 valence electrons. The molecule has 1 amide bonds. The second-order valence-corrected chi connectivity index (χ2v) is 5.57. The average molecular weight is 315 g/mol. The molecule has 0 saturated carbocycles. The first-order chi connectivity index (χ1) is 11.2. The Morgan fingerprint density at radius 3 is 2.78 bits per heavy atom. The van der Waals surface area contributed by atoms with E-state index < -0.39 is 0 Å². The number of nitrogens with zero attached hydrogens (tertiary/aromatic N) is 4. The van der Waals surface area contributed by atoms with Crippen LogP contribution in [-0.4, -0.2) is 51.9 Å². The molecular weight excluding hydrogens is 294 g/mol. The van der Waals surface area contributed by atoms with E-state index in [1.807, 2.05) is 30.3 Å². The number of nitrogens with two attached hydrogens (primary N) is 1. The minimum Gasteiger partial charge on any atom is -0.380 e. The van der Waals surface area contributed by atoms with Gasteiger partial charge in [0.15, 0.2) is 11.6 Å². The fourth-order valence-electron chi connectivity index (χ4n) is 2.76. The number of amides is 1. The third-order valence-corrected chi connectivity index (χ3v) is 4.14. The van der Waals surface area contributed by atoms with Crippen molar-refractivity contribution in [3.63, 3.8) is 0 Å². The normalized spacial score (nSPS) is 15.3. The molecule has 1 unspecified atom stereocenters. The number of fused-ring (bicyclic) bond motifs is 1. The summed E-state index contributed by atoms with van der Waals surface area (Å²) in [7, 11) is 1.57. The number of benzene rings is 1. The lowest BCUT2D eigenvalue weighted by Gasteiger charge is -2.29. The van der Waals surface area contributed by atoms with Crippen molar-refractivity contribution in [2.24, 2.45) is 5.73 Å². The van der Waals surface area contributed by atoms with Crippen LogP contribution in [0.25, 0.3) is 11.4 Å². The highest BCUT2D eigenvalue weighted by molar-refractivity contribution is 5.76. The van der Waals surface area contributed by atoms with Gasteiger partial charge in [-0.15, -0.1) is 10.2 Å². The van der Waals surface area contributed by atoms with Crippen molar-refractivity contribution in [1.29, 1.82) is 0 Å². The van der Waals surface area contributed by atoms with Crippen molar-refractivity contribution in [1.82, 2.24) is 19.7 Å². The molecular formula is C16H21N5O2. The molecule has 0 bridgehead atoms. The van der Waals surface area contributed by atoms with E-state index in [9.17, 15) is 4.79 Å². The molecule has 1 aromatic carbocycles. The van der Waals surface area contributed by atoms with Crippen LogP contribution in [0.4, 0.5) is 0 Å². The molecule has 1 aliphatic rings. The summed E-state index contributed by atoms with van der Waals surface area (Å²) in [5.74, 6) is 1.70. The number of carbonyl (C=O) groups excluding carboxylic acids is 1. The SMILES string of the molecule is COC(CN)CC(=O)N1CCn2c(nnc2-c2ccccc2)C1. The number of ether oxygens (including phenoxy) is 1. The fraction of sp³-hybridized carbons (Fsp3) is 0.438. The summed E-state index contributed by atoms with van der Waals surface area (Å²) < 4.78 is 7.27. The van der Waals surface area contributed by atoms with Crippen LogP contribution in [0.5, 0.6) is 0 Å². The lowest BCUT2D eigenvalue weighted by molar-refractivity contribution is -0.135. The molecule has 7 heteroatoms. The van der Waals surface area contributed by atoms with E-state index in [1.165, 1.54) is 0 Å². The van der Waals surface area contributed by atoms with Crippen molar-refractivity contribution in [3.8, 4) is 11.4 Å². The van der Waals surface area contributed by atoms with Gasteiger partial charge in [-0.05, 0) is 0 Å². The number of hydrogen-bond acceptors (Lipinski definition) is 5. The lowest BCUT2D eigenvalue weighted by atomic mass is 10.2. The van der Waals surface area contributed by atoms with Crippen molar-refractivity contribution in [3.05, 3.63) is 36.2 Å². The van der Waals surface area contributed by atoms with Gasteiger partial charge < -0.3 is 19.9 Å². The minimum atomic E-state index is -0.234. The second kappa shape index (κ2) is 6.89. The third kappa shape index (κ3) is 3.25. The van der Waals surface area contributed by atoms with Gasteiger partial charge in [-0.1, -0.05) is 30.3 Å². The van der Waals surface area contributed by atoms with Crippen molar-refractivity contribution >= 4 is 5.91 Å². The maximum Gasteiger partial charge on any atom is 0.225 e. The van der Waals surface area contributed by atoms with Gasteiger partial charge in [-0.2, -0.15) is 0 Å². The third-order valence-electron chi connectivity index (χ3n) is 4.14. The van der Waals surface area contributed by atoms with E-state index in [0.717, 1.165) is 17.2 Å². The van der Waals surface area contributed by atoms with Crippen LogP contribution >= 0.6 is 0 Å². The smallest absolute Gasteiger partial charge is 0.225 e. The van der Waals surface area contributed by atoms with E-state index in [0.29, 0.717) is 32.6 Å². The maximum atomic E-state index is 12.3. The molecule has 2 aromatic rings. The first-order valence-corrected chi connectivity index (χ1v) is 7.71. The Hall–Kier alpha value is -2.25. The van der Waals surface area contributed by atoms with Gasteiger partial charge in [0.1, 0.15) is 0 Å². The van der Waals surface area contributed by atoms with E-state index in [-0.39, 0.29) is 12.0 Å². The molecule has 2 N–H and O–H groups in total. The first kappa shape index (κ1) is 15.6. The van der Waals surface area contributed by atoms with E-state index in [2.05, 4.69) is 14.8 Å². The van der Waals surface area contributed by atoms with E-state index in [4.69, 9.17) is 10.5 Å². The Bertz CT molecular complexity index is 666. The second-order valence-electron chi connectivity index (χ2n) is 5.57. The lowest BCUT2D eigenvalue weighted by Crippen LogP contribution is -2.41. The van der Waals surface area contributed by atoms with Gasteiger partial charge in [0.2, 0.25) is 5.91 Å². The Morgan fingerprint density at radius 1 is 1.30 bits per heavy atom. The average Bonchev–Trinajstić information content (AvgIpc) is 3.03. The number of rotatable bonds is 5. The number of methoxy groups -OCH3 is 1. The van der Waals surface area contributed by atoms with Crippen LogP contribution in [0.3, 0.4) is 0 Å². The number of hydrogen-bond donors (Lipinski definition) is 1. The Morgan fingerprint density at radius 2 is 2.09 bits per heavy atom. The molecule has 1 atom stereocenters. The Balaban J connectivity index is 1.73. The van der Waals surface area contributed by atoms with Crippen LogP contribution in [0.15, 0.2) is 30.3 Å². The molecule has 2 heterocycles. The summed E-state index contributed by atoms with van der Waals surface area (Å²) in [5.41, 5.74) is 6.62. The van der Waals surface area contributed by atoms with Crippen LogP contribution in [0.1, 0.15) is 12.2 Å². The maximum absolute atomic E-state index is 12.3. The zero-order valence-corrected chi connectivity index (χ0v) is 13.2. The highest BCUT2D eigenvalue weighted by Gasteiger charge is 2.26. The van der Waals surface area contributed by atoms with Gasteiger partial charge in [0, 0.05) is 32.3 Å². The molecule has 0 spiro atoms. The Labute approximate surface area is 135 Å². The molecule has 1 aliphatic heterocycles. The zero-order valence-electron chi connectivity index (χ0n) is 13.2. The summed E-state index contributed by atoms with van der Waals surface area (Å²) in [6, 6.07) is 9.96. The van der Waals surface area contributed by atoms with Crippen molar-refractivity contribution < 1.29 is 9.53 Å². The number of aromatic nitrogens is 3. The fourth-order valence-corrected chi connectivity index (χ4v) is 2.76. The van der Waals surface area contributed by atoms with Crippen molar-refractivity contribution in [2.45, 2.75) is 25.6 Å². The molecule has 0 fully saturated rings. The van der Waals surface area contributed by atoms with Gasteiger partial charge in [0.25, 0.3) is 0 Å². The monoisotopic (exact) mass is 315 g/mol. The van der Waals surface area contributed by atoms with Crippen LogP contribution < -0.4 is 5.73 Å². The molecule has 1 aromatic heterocycles. The predicted octanol–water partition coefficient (Wildman–Crippen LogP) is 0.651. The molecule has 7 nitrogen and oxygen atoms in total. The van der Waals surface area contributed by atoms with E-state index in [1.54, 1.807) is 12.0 Å². The largest absolute Gasteiger partial charge is 0.380 e. The quantitative estimate of drug-likeness (QED) is 0.875. The van der Waals surface area contributed by atoms with Gasteiger partial charge in [-0.3, -0.25) is 4.79 Å². The molecule has 23 heavy (non-hydrogen) atoms. The highest BCUT2D eigenvalue weighted by atomic mass is 16.5. The summed E-state index contributed by atoms with van der Waals surface area (Å²) in [6.45, 7) is 2.15. The van der Waals surface area contributed by atoms with Gasteiger partial charge >= 0.3 is 0 Å². The van der Waals surface area contributed by atoms with E-state index >= 15 is 0 Å². The van der Waals surface area contributed by atoms with Crippen LogP contribution in [0.2, 0.25) is 0 Å². The first-order valence-electron chi connectivity index (χ1n) is 7.71. The zero-order chi connectivity index (χ0) is 16.2. The summed E-state index contributed by atoms with van der Waals surface area (Å²) in [5, 5.41) is 8.53. The standard InChI is InChI=1S/C16H21N5O2/c1-23-13(10-17)9-15(22)20-7-8-21-14(11-20)18-19-16(21)12-5-3-2-4-6-12/h2-6,13H,7-11,17H2,1H3. The topological polar surface area (TPSA) is 86.3 Å². The molecule has 0 saturated heterocycles. The van der Waals surface area contributed by atoms with Gasteiger partial charge in [-0.25, -0.2) is 0 Å². The van der Waals surface area contributed by atoms with Crippen LogP contribution in [-0.2, 0) is 22.6 Å². The summed E-state index contributed by atoms with van der Waals surface area (Å²) in [4.78, 5) is 14.1. The van der Waals surface area contributed by atoms with Crippen LogP contribution in [0, 0.1) is 0 Å². The predicted molar refractivity (Wildman–Crippen MR) is 85.3 cm³/mol. The Kier molecular flexibility index (Phi) is 4.68. The number of carbonyl (C=O) groups is 1. The molecule has 0 aliphatic carbocycles. The molecule has 3 rings (SSSR count). The minimum absolute atomic E-state index is 0.0396. The molecule has 0 radical (unpaired) electrons.